The Kier molecular flexibility index (Phi) is 6.87. The van der Waals surface area contributed by atoms with Gasteiger partial charge in [0.1, 0.15) is 0 Å². The molecule has 1 aromatic rings. The molecule has 2 unspecified atom stereocenters. The molecule has 1 rings (SSSR count). The molecule has 5 heteroatoms. The van der Waals surface area contributed by atoms with Gasteiger partial charge in [-0.05, 0) is 26.9 Å². The lowest BCUT2D eigenvalue weighted by Crippen LogP contribution is -2.35. The highest BCUT2D eigenvalue weighted by molar-refractivity contribution is 5.28. The molecule has 0 amide bonds. The van der Waals surface area contributed by atoms with Crippen LogP contribution in [0.3, 0.4) is 0 Å². The van der Waals surface area contributed by atoms with Gasteiger partial charge in [0.2, 0.25) is 5.95 Å². The van der Waals surface area contributed by atoms with Gasteiger partial charge in [0.05, 0.1) is 12.6 Å². The number of aromatic nitrogens is 2. The number of nitrogens with one attached hydrogen (secondary N) is 1. The lowest BCUT2D eigenvalue weighted by atomic mass is 10.3. The second-order valence-electron chi connectivity index (χ2n) is 4.99. The molecule has 1 aromatic heterocycles. The van der Waals surface area contributed by atoms with Crippen molar-refractivity contribution in [1.82, 2.24) is 14.5 Å². The average molecular weight is 268 g/mol. The minimum Gasteiger partial charge on any atom is -0.383 e. The smallest absolute Gasteiger partial charge is 0.203 e. The lowest BCUT2D eigenvalue weighted by Gasteiger charge is -2.25. The van der Waals surface area contributed by atoms with Crippen LogP contribution >= 0.6 is 0 Å². The first-order valence-corrected chi connectivity index (χ1v) is 7.12. The SMILES string of the molecule is CCN(CC)CC(C)Nc1nccn1C(C)COC. The first-order valence-electron chi connectivity index (χ1n) is 7.12. The number of hydrogen-bond acceptors (Lipinski definition) is 4. The first-order chi connectivity index (χ1) is 9.12. The van der Waals surface area contributed by atoms with Crippen molar-refractivity contribution in [3.8, 4) is 0 Å². The Morgan fingerprint density at radius 1 is 1.37 bits per heavy atom. The number of ether oxygens (including phenoxy) is 1. The third-order valence-electron chi connectivity index (χ3n) is 3.35. The predicted octanol–water partition coefficient (Wildman–Crippen LogP) is 2.23. The van der Waals surface area contributed by atoms with Crippen LogP contribution in [0.25, 0.3) is 0 Å². The standard InChI is InChI=1S/C14H28N4O/c1-6-17(7-2)10-12(3)16-14-15-8-9-18(14)13(4)11-19-5/h8-9,12-13H,6-7,10-11H2,1-5H3,(H,15,16). The fraction of sp³-hybridized carbons (Fsp3) is 0.786. The maximum absolute atomic E-state index is 5.20. The quantitative estimate of drug-likeness (QED) is 0.746. The fourth-order valence-corrected chi connectivity index (χ4v) is 2.24. The molecule has 0 radical (unpaired) electrons. The van der Waals surface area contributed by atoms with Crippen LogP contribution in [0.5, 0.6) is 0 Å². The lowest BCUT2D eigenvalue weighted by molar-refractivity contribution is 0.163. The molecule has 0 aromatic carbocycles. The molecule has 0 saturated carbocycles. The van der Waals surface area contributed by atoms with Crippen LogP contribution in [0, 0.1) is 0 Å². The van der Waals surface area contributed by atoms with Crippen molar-refractivity contribution >= 4 is 5.95 Å². The Morgan fingerprint density at radius 3 is 2.63 bits per heavy atom. The summed E-state index contributed by atoms with van der Waals surface area (Å²) < 4.78 is 7.33. The average Bonchev–Trinajstić information content (AvgIpc) is 2.84. The van der Waals surface area contributed by atoms with Crippen molar-refractivity contribution in [2.24, 2.45) is 0 Å². The number of rotatable bonds is 9. The summed E-state index contributed by atoms with van der Waals surface area (Å²) in [6, 6.07) is 0.659. The maximum Gasteiger partial charge on any atom is 0.203 e. The molecule has 0 aliphatic heterocycles. The topological polar surface area (TPSA) is 42.3 Å². The Hall–Kier alpha value is -1.07. The molecule has 0 bridgehead atoms. The summed E-state index contributed by atoms with van der Waals surface area (Å²) in [7, 11) is 1.73. The van der Waals surface area contributed by atoms with Crippen molar-refractivity contribution in [2.75, 3.05) is 38.7 Å². The van der Waals surface area contributed by atoms with Gasteiger partial charge in [-0.3, -0.25) is 0 Å². The highest BCUT2D eigenvalue weighted by atomic mass is 16.5. The van der Waals surface area contributed by atoms with Gasteiger partial charge in [0.15, 0.2) is 0 Å². The minimum atomic E-state index is 0.288. The number of likely N-dealkylation sites (N-methyl/N-ethyl adjacent to an activating group) is 1. The second kappa shape index (κ2) is 8.17. The zero-order chi connectivity index (χ0) is 14.3. The molecule has 0 aliphatic carbocycles. The van der Waals surface area contributed by atoms with Crippen LogP contribution in [-0.2, 0) is 4.74 Å². The van der Waals surface area contributed by atoms with Gasteiger partial charge >= 0.3 is 0 Å². The molecule has 0 saturated heterocycles. The zero-order valence-electron chi connectivity index (χ0n) is 12.9. The third-order valence-corrected chi connectivity index (χ3v) is 3.35. The van der Waals surface area contributed by atoms with E-state index in [0.29, 0.717) is 12.6 Å². The summed E-state index contributed by atoms with van der Waals surface area (Å²) in [4.78, 5) is 6.80. The van der Waals surface area contributed by atoms with Gasteiger partial charge in [-0.15, -0.1) is 0 Å². The molecule has 2 atom stereocenters. The number of methoxy groups -OCH3 is 1. The van der Waals surface area contributed by atoms with Crippen molar-refractivity contribution in [2.45, 2.75) is 39.8 Å². The Labute approximate surface area is 117 Å². The normalized spacial score (nSPS) is 14.6. The van der Waals surface area contributed by atoms with Gasteiger partial charge in [-0.1, -0.05) is 13.8 Å². The Morgan fingerprint density at radius 2 is 2.05 bits per heavy atom. The van der Waals surface area contributed by atoms with Crippen molar-refractivity contribution in [3.05, 3.63) is 12.4 Å². The largest absolute Gasteiger partial charge is 0.383 e. The van der Waals surface area contributed by atoms with Crippen LogP contribution in [0.4, 0.5) is 5.95 Å². The van der Waals surface area contributed by atoms with Crippen molar-refractivity contribution in [3.63, 3.8) is 0 Å². The monoisotopic (exact) mass is 268 g/mol. The summed E-state index contributed by atoms with van der Waals surface area (Å²) in [6.07, 6.45) is 3.83. The van der Waals surface area contributed by atoms with E-state index in [2.05, 4.69) is 47.5 Å². The summed E-state index contributed by atoms with van der Waals surface area (Å²) in [6.45, 7) is 12.6. The zero-order valence-corrected chi connectivity index (χ0v) is 12.9. The number of anilines is 1. The highest BCUT2D eigenvalue weighted by Crippen LogP contribution is 2.14. The van der Waals surface area contributed by atoms with Crippen LogP contribution < -0.4 is 5.32 Å². The van der Waals surface area contributed by atoms with E-state index in [-0.39, 0.29) is 6.04 Å². The summed E-state index contributed by atoms with van der Waals surface area (Å²) >= 11 is 0. The number of imidazole rings is 1. The number of nitrogens with zero attached hydrogens (tertiary/aromatic N) is 3. The Balaban J connectivity index is 2.59. The van der Waals surface area contributed by atoms with Crippen LogP contribution in [0.1, 0.15) is 33.7 Å². The van der Waals surface area contributed by atoms with Gasteiger partial charge < -0.3 is 19.5 Å². The maximum atomic E-state index is 5.20. The molecular weight excluding hydrogens is 240 g/mol. The van der Waals surface area contributed by atoms with E-state index in [1.807, 2.05) is 12.4 Å². The van der Waals surface area contributed by atoms with Gasteiger partial charge in [-0.25, -0.2) is 4.98 Å². The van der Waals surface area contributed by atoms with E-state index in [4.69, 9.17) is 4.74 Å². The van der Waals surface area contributed by atoms with Gasteiger partial charge in [0, 0.05) is 32.1 Å². The Bertz CT molecular complexity index is 349. The minimum absolute atomic E-state index is 0.288. The molecule has 19 heavy (non-hydrogen) atoms. The van der Waals surface area contributed by atoms with Crippen LogP contribution in [-0.4, -0.2) is 53.8 Å². The van der Waals surface area contributed by atoms with Crippen LogP contribution in [0.2, 0.25) is 0 Å². The second-order valence-corrected chi connectivity index (χ2v) is 4.99. The predicted molar refractivity (Wildman–Crippen MR) is 79.7 cm³/mol. The van der Waals surface area contributed by atoms with E-state index in [9.17, 15) is 0 Å². The molecular formula is C14H28N4O. The van der Waals surface area contributed by atoms with E-state index in [1.165, 1.54) is 0 Å². The van der Waals surface area contributed by atoms with Crippen molar-refractivity contribution in [1.29, 1.82) is 0 Å². The molecule has 0 aliphatic rings. The summed E-state index contributed by atoms with van der Waals surface area (Å²) in [5.41, 5.74) is 0. The van der Waals surface area contributed by atoms with Gasteiger partial charge in [-0.2, -0.15) is 0 Å². The molecule has 110 valence electrons. The molecule has 0 fully saturated rings. The van der Waals surface area contributed by atoms with Crippen LogP contribution in [0.15, 0.2) is 12.4 Å². The van der Waals surface area contributed by atoms with Gasteiger partial charge in [0.25, 0.3) is 0 Å². The molecule has 1 N–H and O–H groups in total. The van der Waals surface area contributed by atoms with E-state index >= 15 is 0 Å². The molecule has 1 heterocycles. The highest BCUT2D eigenvalue weighted by Gasteiger charge is 2.13. The van der Waals surface area contributed by atoms with E-state index in [1.54, 1.807) is 7.11 Å². The van der Waals surface area contributed by atoms with E-state index in [0.717, 1.165) is 25.6 Å². The van der Waals surface area contributed by atoms with Crippen molar-refractivity contribution < 1.29 is 4.74 Å². The first kappa shape index (κ1) is 16.0. The molecule has 0 spiro atoms. The molecule has 5 nitrogen and oxygen atoms in total. The summed E-state index contributed by atoms with van der Waals surface area (Å²) in [5, 5.41) is 3.48. The third kappa shape index (κ3) is 4.84. The fourth-order valence-electron chi connectivity index (χ4n) is 2.24. The van der Waals surface area contributed by atoms with E-state index < -0.39 is 0 Å². The number of hydrogen-bond donors (Lipinski definition) is 1. The summed E-state index contributed by atoms with van der Waals surface area (Å²) in [5.74, 6) is 0.921.